The monoisotopic (exact) mass is 334 g/mol. The second kappa shape index (κ2) is 8.54. The van der Waals surface area contributed by atoms with Gasteiger partial charge in [-0.25, -0.2) is 4.79 Å². The Morgan fingerprint density at radius 1 is 1.50 bits per heavy atom. The summed E-state index contributed by atoms with van der Waals surface area (Å²) >= 11 is 0. The van der Waals surface area contributed by atoms with Gasteiger partial charge in [0.15, 0.2) is 6.29 Å². The SMILES string of the molecule is C[C@@H]([C@@H]1CC[C@@H](N=[N+]=[N-])C(O)O1)N(C)C(=O)OCc1ccccc1. The highest BCUT2D eigenvalue weighted by atomic mass is 16.6. The van der Waals surface area contributed by atoms with Gasteiger partial charge in [0.05, 0.1) is 18.2 Å². The molecule has 0 aliphatic carbocycles. The van der Waals surface area contributed by atoms with E-state index < -0.39 is 18.4 Å². The fourth-order valence-electron chi connectivity index (χ4n) is 2.59. The van der Waals surface area contributed by atoms with Gasteiger partial charge in [0, 0.05) is 12.0 Å². The Morgan fingerprint density at radius 3 is 2.83 bits per heavy atom. The van der Waals surface area contributed by atoms with Gasteiger partial charge in [0.25, 0.3) is 0 Å². The minimum atomic E-state index is -1.16. The van der Waals surface area contributed by atoms with Crippen LogP contribution in [-0.4, -0.2) is 47.6 Å². The van der Waals surface area contributed by atoms with E-state index in [1.165, 1.54) is 4.90 Å². The summed E-state index contributed by atoms with van der Waals surface area (Å²) < 4.78 is 10.8. The molecule has 1 aromatic rings. The molecule has 0 spiro atoms. The molecule has 0 aromatic heterocycles. The van der Waals surface area contributed by atoms with Crippen LogP contribution in [0.4, 0.5) is 4.79 Å². The third-order valence-corrected chi connectivity index (χ3v) is 4.23. The Hall–Kier alpha value is -2.28. The van der Waals surface area contributed by atoms with E-state index in [0.717, 1.165) is 5.56 Å². The lowest BCUT2D eigenvalue weighted by molar-refractivity contribution is -0.185. The molecule has 8 nitrogen and oxygen atoms in total. The zero-order valence-electron chi connectivity index (χ0n) is 13.8. The molecule has 8 heteroatoms. The summed E-state index contributed by atoms with van der Waals surface area (Å²) in [5.41, 5.74) is 9.36. The van der Waals surface area contributed by atoms with Crippen molar-refractivity contribution in [3.8, 4) is 0 Å². The Morgan fingerprint density at radius 2 is 2.21 bits per heavy atom. The largest absolute Gasteiger partial charge is 0.445 e. The molecule has 24 heavy (non-hydrogen) atoms. The molecule has 1 aromatic carbocycles. The van der Waals surface area contributed by atoms with Crippen molar-refractivity contribution in [2.45, 2.75) is 50.8 Å². The molecule has 0 bridgehead atoms. The van der Waals surface area contributed by atoms with Gasteiger partial charge in [-0.1, -0.05) is 35.4 Å². The van der Waals surface area contributed by atoms with Crippen LogP contribution in [0.5, 0.6) is 0 Å². The second-order valence-electron chi connectivity index (χ2n) is 5.81. The van der Waals surface area contributed by atoms with E-state index in [-0.39, 0.29) is 18.8 Å². The molecule has 1 aliphatic rings. The number of ether oxygens (including phenoxy) is 2. The van der Waals surface area contributed by atoms with E-state index >= 15 is 0 Å². The molecule has 0 saturated carbocycles. The fraction of sp³-hybridized carbons (Fsp3) is 0.562. The molecule has 1 N–H and O–H groups in total. The summed E-state index contributed by atoms with van der Waals surface area (Å²) in [5, 5.41) is 13.4. The number of aliphatic hydroxyl groups excluding tert-OH is 1. The van der Waals surface area contributed by atoms with Gasteiger partial charge in [-0.3, -0.25) is 0 Å². The normalized spacial score (nSPS) is 24.5. The van der Waals surface area contributed by atoms with Crippen LogP contribution in [0.15, 0.2) is 35.4 Å². The maximum atomic E-state index is 12.2. The lowest BCUT2D eigenvalue weighted by atomic mass is 9.99. The number of benzene rings is 1. The zero-order chi connectivity index (χ0) is 17.5. The van der Waals surface area contributed by atoms with E-state index in [0.29, 0.717) is 12.8 Å². The summed E-state index contributed by atoms with van der Waals surface area (Å²) in [6.45, 7) is 2.03. The average Bonchev–Trinajstić information content (AvgIpc) is 2.61. The van der Waals surface area contributed by atoms with Crippen LogP contribution < -0.4 is 0 Å². The van der Waals surface area contributed by atoms with Crippen LogP contribution in [-0.2, 0) is 16.1 Å². The molecule has 1 unspecified atom stereocenters. The first-order valence-corrected chi connectivity index (χ1v) is 7.84. The molecule has 130 valence electrons. The minimum Gasteiger partial charge on any atom is -0.445 e. The topological polar surface area (TPSA) is 108 Å². The third-order valence-electron chi connectivity index (χ3n) is 4.23. The predicted molar refractivity (Wildman–Crippen MR) is 86.9 cm³/mol. The predicted octanol–water partition coefficient (Wildman–Crippen LogP) is 2.82. The van der Waals surface area contributed by atoms with Crippen molar-refractivity contribution in [2.75, 3.05) is 7.05 Å². The summed E-state index contributed by atoms with van der Waals surface area (Å²) in [7, 11) is 1.63. The van der Waals surface area contributed by atoms with Gasteiger partial charge in [0.1, 0.15) is 6.61 Å². The highest BCUT2D eigenvalue weighted by Gasteiger charge is 2.35. The highest BCUT2D eigenvalue weighted by molar-refractivity contribution is 5.67. The van der Waals surface area contributed by atoms with E-state index in [1.54, 1.807) is 7.05 Å². The van der Waals surface area contributed by atoms with Crippen LogP contribution in [0.3, 0.4) is 0 Å². The maximum Gasteiger partial charge on any atom is 0.410 e. The summed E-state index contributed by atoms with van der Waals surface area (Å²) in [6.07, 6.45) is -0.873. The highest BCUT2D eigenvalue weighted by Crippen LogP contribution is 2.25. The Kier molecular flexibility index (Phi) is 6.43. The lowest BCUT2D eigenvalue weighted by Gasteiger charge is -2.37. The van der Waals surface area contributed by atoms with Gasteiger partial charge < -0.3 is 19.5 Å². The zero-order valence-corrected chi connectivity index (χ0v) is 13.8. The molecule has 1 saturated heterocycles. The number of likely N-dealkylation sites (N-methyl/N-ethyl adjacent to an activating group) is 1. The number of amides is 1. The standard InChI is InChI=1S/C16H22N4O4/c1-11(14-9-8-13(18-19-17)15(21)24-14)20(2)16(22)23-10-12-6-4-3-5-7-12/h3-7,11,13-15,21H,8-10H2,1-2H3/t11-,13+,14-,15?/m0/s1. The smallest absolute Gasteiger partial charge is 0.410 e. The first kappa shape index (κ1) is 18.1. The molecule has 1 fully saturated rings. The second-order valence-corrected chi connectivity index (χ2v) is 5.81. The van der Waals surface area contributed by atoms with Gasteiger partial charge in [-0.05, 0) is 30.9 Å². The summed E-state index contributed by atoms with van der Waals surface area (Å²) in [5.74, 6) is 0. The Labute approximate surface area is 140 Å². The Bertz CT molecular complexity index is 591. The van der Waals surface area contributed by atoms with E-state index in [2.05, 4.69) is 10.0 Å². The molecular weight excluding hydrogens is 312 g/mol. The first-order chi connectivity index (χ1) is 11.5. The minimum absolute atomic E-state index is 0.198. The van der Waals surface area contributed by atoms with Crippen molar-refractivity contribution in [3.63, 3.8) is 0 Å². The van der Waals surface area contributed by atoms with Crippen LogP contribution in [0.1, 0.15) is 25.3 Å². The van der Waals surface area contributed by atoms with Crippen LogP contribution in [0, 0.1) is 0 Å². The third kappa shape index (κ3) is 4.61. The quantitative estimate of drug-likeness (QED) is 0.507. The van der Waals surface area contributed by atoms with Crippen molar-refractivity contribution in [1.82, 2.24) is 4.90 Å². The molecule has 1 amide bonds. The summed E-state index contributed by atoms with van der Waals surface area (Å²) in [4.78, 5) is 16.3. The number of nitrogens with zero attached hydrogens (tertiary/aromatic N) is 4. The van der Waals surface area contributed by atoms with Gasteiger partial charge in [-0.2, -0.15) is 0 Å². The van der Waals surface area contributed by atoms with Crippen molar-refractivity contribution < 1.29 is 19.4 Å². The maximum absolute atomic E-state index is 12.2. The van der Waals surface area contributed by atoms with E-state index in [4.69, 9.17) is 15.0 Å². The number of hydrogen-bond acceptors (Lipinski definition) is 5. The number of hydrogen-bond donors (Lipinski definition) is 1. The van der Waals surface area contributed by atoms with Crippen LogP contribution in [0.25, 0.3) is 10.4 Å². The lowest BCUT2D eigenvalue weighted by Crippen LogP contribution is -2.49. The molecule has 1 heterocycles. The number of aliphatic hydroxyl groups is 1. The first-order valence-electron chi connectivity index (χ1n) is 7.84. The van der Waals surface area contributed by atoms with Crippen molar-refractivity contribution >= 4 is 6.09 Å². The van der Waals surface area contributed by atoms with Crippen molar-refractivity contribution in [2.24, 2.45) is 5.11 Å². The van der Waals surface area contributed by atoms with Gasteiger partial charge in [0.2, 0.25) is 0 Å². The molecule has 1 aliphatic heterocycles. The molecule has 4 atom stereocenters. The van der Waals surface area contributed by atoms with Crippen LogP contribution >= 0.6 is 0 Å². The Balaban J connectivity index is 1.86. The molecule has 2 rings (SSSR count). The van der Waals surface area contributed by atoms with Crippen molar-refractivity contribution in [1.29, 1.82) is 0 Å². The molecule has 0 radical (unpaired) electrons. The number of rotatable bonds is 5. The van der Waals surface area contributed by atoms with E-state index in [1.807, 2.05) is 37.3 Å². The number of carbonyl (C=O) groups is 1. The van der Waals surface area contributed by atoms with Crippen LogP contribution in [0.2, 0.25) is 0 Å². The van der Waals surface area contributed by atoms with E-state index in [9.17, 15) is 9.90 Å². The summed E-state index contributed by atoms with van der Waals surface area (Å²) in [6, 6.07) is 8.55. The average molecular weight is 334 g/mol. The number of carbonyl (C=O) groups excluding carboxylic acids is 1. The van der Waals surface area contributed by atoms with Gasteiger partial charge in [-0.15, -0.1) is 0 Å². The fourth-order valence-corrected chi connectivity index (χ4v) is 2.59. The van der Waals surface area contributed by atoms with Crippen molar-refractivity contribution in [3.05, 3.63) is 46.3 Å². The number of azide groups is 1. The van der Waals surface area contributed by atoms with Gasteiger partial charge >= 0.3 is 6.09 Å². The molecular formula is C16H22N4O4.